The lowest BCUT2D eigenvalue weighted by Gasteiger charge is -2.07. The van der Waals surface area contributed by atoms with E-state index in [4.69, 9.17) is 9.47 Å². The number of benzene rings is 2. The van der Waals surface area contributed by atoms with Crippen molar-refractivity contribution >= 4 is 5.91 Å². The van der Waals surface area contributed by atoms with Crippen LogP contribution in [0.15, 0.2) is 42.5 Å². The fourth-order valence-electron chi connectivity index (χ4n) is 2.71. The topological polar surface area (TPSA) is 47.6 Å². The average Bonchev–Trinajstić information content (AvgIpc) is 3.03. The van der Waals surface area contributed by atoms with Crippen LogP contribution >= 0.6 is 0 Å². The Morgan fingerprint density at radius 2 is 1.96 bits per heavy atom. The van der Waals surface area contributed by atoms with Crippen LogP contribution in [0.5, 0.6) is 11.5 Å². The van der Waals surface area contributed by atoms with Crippen LogP contribution in [0.2, 0.25) is 0 Å². The molecular formula is C19H21NO3. The molecular weight excluding hydrogens is 290 g/mol. The van der Waals surface area contributed by atoms with E-state index in [0.717, 1.165) is 36.5 Å². The number of amides is 1. The van der Waals surface area contributed by atoms with Crippen LogP contribution in [-0.4, -0.2) is 26.2 Å². The van der Waals surface area contributed by atoms with Crippen molar-refractivity contribution in [2.24, 2.45) is 0 Å². The molecule has 0 atom stereocenters. The van der Waals surface area contributed by atoms with Crippen LogP contribution in [0.3, 0.4) is 0 Å². The summed E-state index contributed by atoms with van der Waals surface area (Å²) in [5.74, 6) is 1.81. The second kappa shape index (κ2) is 7.18. The first-order valence-corrected chi connectivity index (χ1v) is 7.89. The number of fused-ring (bicyclic) bond motifs is 1. The quantitative estimate of drug-likeness (QED) is 0.892. The first kappa shape index (κ1) is 15.4. The molecule has 2 aromatic carbocycles. The number of hydrogen-bond acceptors (Lipinski definition) is 3. The van der Waals surface area contributed by atoms with Crippen molar-refractivity contribution in [3.05, 3.63) is 59.2 Å². The number of nitrogens with one attached hydrogen (secondary N) is 1. The standard InChI is InChI=1S/C19H21NO3/c1-22-17-6-3-14(4-7-17)8-10-20-19(21)13-15-2-5-16-9-11-23-18(16)12-15/h2-7,12H,8-11,13H2,1H3,(H,20,21). The highest BCUT2D eigenvalue weighted by Crippen LogP contribution is 2.26. The number of ether oxygens (including phenoxy) is 2. The van der Waals surface area contributed by atoms with Gasteiger partial charge in [0.25, 0.3) is 0 Å². The first-order valence-electron chi connectivity index (χ1n) is 7.89. The van der Waals surface area contributed by atoms with Crippen LogP contribution in [0.25, 0.3) is 0 Å². The monoisotopic (exact) mass is 311 g/mol. The molecule has 1 heterocycles. The molecule has 4 heteroatoms. The van der Waals surface area contributed by atoms with Crippen molar-refractivity contribution in [1.29, 1.82) is 0 Å². The van der Waals surface area contributed by atoms with Gasteiger partial charge in [-0.25, -0.2) is 0 Å². The van der Waals surface area contributed by atoms with Gasteiger partial charge in [0.15, 0.2) is 0 Å². The van der Waals surface area contributed by atoms with Gasteiger partial charge in [-0.1, -0.05) is 24.3 Å². The number of rotatable bonds is 6. The highest BCUT2D eigenvalue weighted by molar-refractivity contribution is 5.78. The molecule has 0 saturated heterocycles. The van der Waals surface area contributed by atoms with E-state index in [1.54, 1.807) is 7.11 Å². The highest BCUT2D eigenvalue weighted by atomic mass is 16.5. The van der Waals surface area contributed by atoms with Gasteiger partial charge in [-0.05, 0) is 41.3 Å². The van der Waals surface area contributed by atoms with Crippen molar-refractivity contribution in [2.45, 2.75) is 19.3 Å². The zero-order chi connectivity index (χ0) is 16.1. The second-order valence-corrected chi connectivity index (χ2v) is 5.67. The molecule has 3 rings (SSSR count). The third kappa shape index (κ3) is 4.03. The molecule has 1 amide bonds. The lowest BCUT2D eigenvalue weighted by molar-refractivity contribution is -0.120. The molecule has 0 bridgehead atoms. The number of hydrogen-bond donors (Lipinski definition) is 1. The van der Waals surface area contributed by atoms with Crippen LogP contribution in [-0.2, 0) is 24.1 Å². The van der Waals surface area contributed by atoms with Gasteiger partial charge in [0.1, 0.15) is 11.5 Å². The third-order valence-electron chi connectivity index (χ3n) is 4.02. The second-order valence-electron chi connectivity index (χ2n) is 5.67. The van der Waals surface area contributed by atoms with Crippen LogP contribution in [0.4, 0.5) is 0 Å². The summed E-state index contributed by atoms with van der Waals surface area (Å²) in [4.78, 5) is 12.0. The van der Waals surface area contributed by atoms with Gasteiger partial charge >= 0.3 is 0 Å². The Morgan fingerprint density at radius 3 is 2.74 bits per heavy atom. The zero-order valence-electron chi connectivity index (χ0n) is 13.3. The van der Waals surface area contributed by atoms with E-state index in [-0.39, 0.29) is 5.91 Å². The third-order valence-corrected chi connectivity index (χ3v) is 4.02. The van der Waals surface area contributed by atoms with Crippen molar-refractivity contribution in [3.63, 3.8) is 0 Å². The molecule has 1 N–H and O–H groups in total. The maximum Gasteiger partial charge on any atom is 0.224 e. The van der Waals surface area contributed by atoms with E-state index < -0.39 is 0 Å². The number of methoxy groups -OCH3 is 1. The molecule has 120 valence electrons. The Bertz CT molecular complexity index is 680. The molecule has 1 aliphatic rings. The van der Waals surface area contributed by atoms with E-state index in [0.29, 0.717) is 13.0 Å². The average molecular weight is 311 g/mol. The van der Waals surface area contributed by atoms with Gasteiger partial charge in [-0.15, -0.1) is 0 Å². The molecule has 0 radical (unpaired) electrons. The molecule has 23 heavy (non-hydrogen) atoms. The Balaban J connectivity index is 1.46. The summed E-state index contributed by atoms with van der Waals surface area (Å²) in [6.07, 6.45) is 2.16. The fourth-order valence-corrected chi connectivity index (χ4v) is 2.71. The summed E-state index contributed by atoms with van der Waals surface area (Å²) in [6.45, 7) is 1.37. The van der Waals surface area contributed by atoms with Gasteiger partial charge in [-0.3, -0.25) is 4.79 Å². The predicted octanol–water partition coefficient (Wildman–Crippen LogP) is 2.53. The summed E-state index contributed by atoms with van der Waals surface area (Å²) in [5, 5.41) is 2.96. The predicted molar refractivity (Wildman–Crippen MR) is 89.1 cm³/mol. The van der Waals surface area contributed by atoms with E-state index in [1.165, 1.54) is 11.1 Å². The largest absolute Gasteiger partial charge is 0.497 e. The molecule has 2 aromatic rings. The van der Waals surface area contributed by atoms with Crippen molar-refractivity contribution in [3.8, 4) is 11.5 Å². The summed E-state index contributed by atoms with van der Waals surface area (Å²) >= 11 is 0. The van der Waals surface area contributed by atoms with E-state index in [2.05, 4.69) is 11.4 Å². The van der Waals surface area contributed by atoms with Crippen LogP contribution in [0, 0.1) is 0 Å². The SMILES string of the molecule is COc1ccc(CCNC(=O)Cc2ccc3c(c2)OCC3)cc1. The minimum absolute atomic E-state index is 0.0384. The van der Waals surface area contributed by atoms with Gasteiger partial charge in [0.2, 0.25) is 5.91 Å². The number of carbonyl (C=O) groups excluding carboxylic acids is 1. The van der Waals surface area contributed by atoms with Gasteiger partial charge in [0.05, 0.1) is 20.1 Å². The van der Waals surface area contributed by atoms with Gasteiger partial charge < -0.3 is 14.8 Å². The molecule has 0 aromatic heterocycles. The zero-order valence-corrected chi connectivity index (χ0v) is 13.3. The van der Waals surface area contributed by atoms with Crippen molar-refractivity contribution < 1.29 is 14.3 Å². The lowest BCUT2D eigenvalue weighted by atomic mass is 10.1. The first-order chi connectivity index (χ1) is 11.2. The Labute approximate surface area is 136 Å². The molecule has 4 nitrogen and oxygen atoms in total. The number of carbonyl (C=O) groups is 1. The summed E-state index contributed by atoms with van der Waals surface area (Å²) < 4.78 is 10.7. The Morgan fingerprint density at radius 1 is 1.17 bits per heavy atom. The maximum atomic E-state index is 12.0. The summed E-state index contributed by atoms with van der Waals surface area (Å²) in [5.41, 5.74) is 3.40. The normalized spacial score (nSPS) is 12.4. The molecule has 0 unspecified atom stereocenters. The Kier molecular flexibility index (Phi) is 4.81. The van der Waals surface area contributed by atoms with E-state index in [9.17, 15) is 4.79 Å². The molecule has 0 spiro atoms. The molecule has 1 aliphatic heterocycles. The fraction of sp³-hybridized carbons (Fsp3) is 0.316. The minimum atomic E-state index is 0.0384. The van der Waals surface area contributed by atoms with Crippen LogP contribution < -0.4 is 14.8 Å². The molecule has 0 saturated carbocycles. The van der Waals surface area contributed by atoms with Gasteiger partial charge in [0, 0.05) is 13.0 Å². The summed E-state index contributed by atoms with van der Waals surface area (Å²) in [6, 6.07) is 13.9. The Hall–Kier alpha value is -2.49. The van der Waals surface area contributed by atoms with Crippen molar-refractivity contribution in [1.82, 2.24) is 5.32 Å². The highest BCUT2D eigenvalue weighted by Gasteiger charge is 2.13. The van der Waals surface area contributed by atoms with Crippen LogP contribution in [0.1, 0.15) is 16.7 Å². The van der Waals surface area contributed by atoms with Crippen molar-refractivity contribution in [2.75, 3.05) is 20.3 Å². The smallest absolute Gasteiger partial charge is 0.224 e. The molecule has 0 aliphatic carbocycles. The van der Waals surface area contributed by atoms with E-state index >= 15 is 0 Å². The minimum Gasteiger partial charge on any atom is -0.497 e. The lowest BCUT2D eigenvalue weighted by Crippen LogP contribution is -2.27. The summed E-state index contributed by atoms with van der Waals surface area (Å²) in [7, 11) is 1.65. The molecule has 0 fully saturated rings. The van der Waals surface area contributed by atoms with E-state index in [1.807, 2.05) is 36.4 Å². The van der Waals surface area contributed by atoms with Gasteiger partial charge in [-0.2, -0.15) is 0 Å². The maximum absolute atomic E-state index is 12.0.